The molecule has 3 rings (SSSR count). The number of esters is 1. The maximum Gasteiger partial charge on any atom is 0.340 e. The summed E-state index contributed by atoms with van der Waals surface area (Å²) in [5, 5.41) is 1.87. The number of aryl methyl sites for hydroxylation is 1. The van der Waals surface area contributed by atoms with Crippen LogP contribution in [0.5, 0.6) is 0 Å². The molecule has 2 aromatic heterocycles. The van der Waals surface area contributed by atoms with Crippen molar-refractivity contribution < 1.29 is 19.1 Å². The van der Waals surface area contributed by atoms with Crippen molar-refractivity contribution in [3.05, 3.63) is 52.0 Å². The number of carbonyl (C=O) groups is 3. The third-order valence-electron chi connectivity index (χ3n) is 4.13. The lowest BCUT2D eigenvalue weighted by atomic mass is 10.2. The van der Waals surface area contributed by atoms with Crippen molar-refractivity contribution in [1.82, 2.24) is 14.8 Å². The fraction of sp³-hybridized carbons (Fsp3) is 0.333. The minimum Gasteiger partial charge on any atom is -0.452 e. The Morgan fingerprint density at radius 3 is 2.46 bits per heavy atom. The molecule has 26 heavy (non-hydrogen) atoms. The third kappa shape index (κ3) is 4.26. The summed E-state index contributed by atoms with van der Waals surface area (Å²) in [6.07, 6.45) is 1.43. The average molecular weight is 373 g/mol. The van der Waals surface area contributed by atoms with Crippen molar-refractivity contribution in [3.63, 3.8) is 0 Å². The van der Waals surface area contributed by atoms with Crippen LogP contribution in [0.25, 0.3) is 0 Å². The van der Waals surface area contributed by atoms with Crippen molar-refractivity contribution in [2.75, 3.05) is 32.8 Å². The van der Waals surface area contributed by atoms with Gasteiger partial charge >= 0.3 is 5.97 Å². The molecule has 0 spiro atoms. The molecule has 0 radical (unpaired) electrons. The molecule has 8 heteroatoms. The van der Waals surface area contributed by atoms with E-state index in [2.05, 4.69) is 4.98 Å². The molecule has 0 unspecified atom stereocenters. The van der Waals surface area contributed by atoms with Crippen molar-refractivity contribution >= 4 is 29.1 Å². The number of pyridine rings is 1. The number of ether oxygens (including phenoxy) is 1. The van der Waals surface area contributed by atoms with Crippen LogP contribution in [0.15, 0.2) is 35.8 Å². The smallest absolute Gasteiger partial charge is 0.340 e. The lowest BCUT2D eigenvalue weighted by Crippen LogP contribution is -2.51. The van der Waals surface area contributed by atoms with Crippen molar-refractivity contribution in [1.29, 1.82) is 0 Å². The van der Waals surface area contributed by atoms with Crippen LogP contribution in [0, 0.1) is 6.92 Å². The van der Waals surface area contributed by atoms with Crippen LogP contribution in [0.3, 0.4) is 0 Å². The number of carbonyl (C=O) groups excluding carboxylic acids is 3. The molecule has 1 aliphatic heterocycles. The van der Waals surface area contributed by atoms with E-state index < -0.39 is 5.97 Å². The molecule has 3 heterocycles. The van der Waals surface area contributed by atoms with Crippen molar-refractivity contribution in [2.45, 2.75) is 6.92 Å². The topological polar surface area (TPSA) is 79.8 Å². The van der Waals surface area contributed by atoms with Gasteiger partial charge in [0.1, 0.15) is 0 Å². The SMILES string of the molecule is Cc1ccc(C(=O)OCC(=O)N2CCN(C(=O)c3cccs3)CC2)cn1. The first-order valence-corrected chi connectivity index (χ1v) is 9.13. The van der Waals surface area contributed by atoms with E-state index in [4.69, 9.17) is 4.74 Å². The van der Waals surface area contributed by atoms with Crippen LogP contribution in [0.4, 0.5) is 0 Å². The highest BCUT2D eigenvalue weighted by atomic mass is 32.1. The second-order valence-corrected chi connectivity index (χ2v) is 6.86. The highest BCUT2D eigenvalue weighted by Gasteiger charge is 2.25. The van der Waals surface area contributed by atoms with Gasteiger partial charge in [-0.05, 0) is 30.5 Å². The summed E-state index contributed by atoms with van der Waals surface area (Å²) in [6.45, 7) is 3.31. The number of nitrogens with zero attached hydrogens (tertiary/aromatic N) is 3. The number of thiophene rings is 1. The maximum atomic E-state index is 12.3. The van der Waals surface area contributed by atoms with E-state index in [-0.39, 0.29) is 18.4 Å². The Balaban J connectivity index is 1.45. The zero-order valence-electron chi connectivity index (χ0n) is 14.4. The zero-order chi connectivity index (χ0) is 18.5. The Morgan fingerprint density at radius 1 is 1.12 bits per heavy atom. The highest BCUT2D eigenvalue weighted by Crippen LogP contribution is 2.14. The van der Waals surface area contributed by atoms with Crippen LogP contribution in [-0.4, -0.2) is 65.4 Å². The van der Waals surface area contributed by atoms with Crippen molar-refractivity contribution in [2.24, 2.45) is 0 Å². The third-order valence-corrected chi connectivity index (χ3v) is 4.98. The van der Waals surface area contributed by atoms with Gasteiger partial charge in [0.05, 0.1) is 10.4 Å². The van der Waals surface area contributed by atoms with E-state index in [1.807, 2.05) is 18.4 Å². The molecule has 2 amide bonds. The van der Waals surface area contributed by atoms with Gasteiger partial charge in [-0.3, -0.25) is 14.6 Å². The molecule has 136 valence electrons. The zero-order valence-corrected chi connectivity index (χ0v) is 15.2. The molecular weight excluding hydrogens is 354 g/mol. The summed E-state index contributed by atoms with van der Waals surface area (Å²) >= 11 is 1.41. The summed E-state index contributed by atoms with van der Waals surface area (Å²) in [5.74, 6) is -0.843. The van der Waals surface area contributed by atoms with Gasteiger partial charge in [0.15, 0.2) is 6.61 Å². The van der Waals surface area contributed by atoms with Gasteiger partial charge in [0, 0.05) is 38.1 Å². The number of hydrogen-bond acceptors (Lipinski definition) is 6. The predicted octanol–water partition coefficient (Wildman–Crippen LogP) is 1.59. The van der Waals surface area contributed by atoms with Crippen LogP contribution < -0.4 is 0 Å². The molecule has 1 saturated heterocycles. The van der Waals surface area contributed by atoms with Crippen molar-refractivity contribution in [3.8, 4) is 0 Å². The first-order chi connectivity index (χ1) is 12.5. The summed E-state index contributed by atoms with van der Waals surface area (Å²) in [6, 6.07) is 6.96. The van der Waals surface area contributed by atoms with Gasteiger partial charge in [-0.25, -0.2) is 4.79 Å². The lowest BCUT2D eigenvalue weighted by Gasteiger charge is -2.34. The minimum absolute atomic E-state index is 0.00889. The van der Waals surface area contributed by atoms with E-state index in [1.165, 1.54) is 17.5 Å². The Morgan fingerprint density at radius 2 is 1.85 bits per heavy atom. The van der Waals surface area contributed by atoms with Gasteiger partial charge in [-0.15, -0.1) is 11.3 Å². The quantitative estimate of drug-likeness (QED) is 0.761. The molecule has 0 saturated carbocycles. The van der Waals surface area contributed by atoms with Gasteiger partial charge in [-0.1, -0.05) is 6.07 Å². The summed E-state index contributed by atoms with van der Waals surface area (Å²) < 4.78 is 5.07. The second-order valence-electron chi connectivity index (χ2n) is 5.91. The molecular formula is C18H19N3O4S. The Bertz CT molecular complexity index is 781. The minimum atomic E-state index is -0.572. The van der Waals surface area contributed by atoms with E-state index in [1.54, 1.807) is 28.0 Å². The van der Waals surface area contributed by atoms with Gasteiger partial charge in [0.25, 0.3) is 11.8 Å². The largest absolute Gasteiger partial charge is 0.452 e. The summed E-state index contributed by atoms with van der Waals surface area (Å²) in [4.78, 5) is 44.5. The number of piperazine rings is 1. The van der Waals surface area contributed by atoms with E-state index in [9.17, 15) is 14.4 Å². The summed E-state index contributed by atoms with van der Waals surface area (Å²) in [7, 11) is 0. The van der Waals surface area contributed by atoms with E-state index in [0.29, 0.717) is 36.6 Å². The summed E-state index contributed by atoms with van der Waals surface area (Å²) in [5.41, 5.74) is 1.11. The maximum absolute atomic E-state index is 12.3. The number of amides is 2. The van der Waals surface area contributed by atoms with Gasteiger partial charge in [-0.2, -0.15) is 0 Å². The fourth-order valence-corrected chi connectivity index (χ4v) is 3.30. The normalized spacial score (nSPS) is 14.2. The van der Waals surface area contributed by atoms with Gasteiger partial charge in [0.2, 0.25) is 0 Å². The Hall–Kier alpha value is -2.74. The Kier molecular flexibility index (Phi) is 5.62. The fourth-order valence-electron chi connectivity index (χ4n) is 2.61. The lowest BCUT2D eigenvalue weighted by molar-refractivity contribution is -0.136. The molecule has 0 aromatic carbocycles. The molecule has 1 fully saturated rings. The van der Waals surface area contributed by atoms with Crippen LogP contribution >= 0.6 is 11.3 Å². The molecule has 1 aliphatic rings. The van der Waals surface area contributed by atoms with Crippen LogP contribution in [0.2, 0.25) is 0 Å². The monoisotopic (exact) mass is 373 g/mol. The number of aromatic nitrogens is 1. The molecule has 7 nitrogen and oxygen atoms in total. The standard InChI is InChI=1S/C18H19N3O4S/c1-13-4-5-14(11-19-13)18(24)25-12-16(22)20-6-8-21(9-7-20)17(23)15-3-2-10-26-15/h2-5,10-11H,6-9,12H2,1H3. The molecule has 2 aromatic rings. The second kappa shape index (κ2) is 8.09. The van der Waals surface area contributed by atoms with E-state index in [0.717, 1.165) is 5.69 Å². The van der Waals surface area contributed by atoms with Gasteiger partial charge < -0.3 is 14.5 Å². The highest BCUT2D eigenvalue weighted by molar-refractivity contribution is 7.12. The average Bonchev–Trinajstić information content (AvgIpc) is 3.20. The predicted molar refractivity (Wildman–Crippen MR) is 96.1 cm³/mol. The first kappa shape index (κ1) is 18.1. The molecule has 0 N–H and O–H groups in total. The number of hydrogen-bond donors (Lipinski definition) is 0. The van der Waals surface area contributed by atoms with Crippen LogP contribution in [-0.2, 0) is 9.53 Å². The Labute approximate surface area is 155 Å². The molecule has 0 bridgehead atoms. The molecule has 0 atom stereocenters. The van der Waals surface area contributed by atoms with E-state index >= 15 is 0 Å². The van der Waals surface area contributed by atoms with Crippen LogP contribution in [0.1, 0.15) is 25.7 Å². The molecule has 0 aliphatic carbocycles. The first-order valence-electron chi connectivity index (χ1n) is 8.25. The number of rotatable bonds is 4.